The lowest BCUT2D eigenvalue weighted by molar-refractivity contribution is -0.119. The number of fused-ring (bicyclic) bond motifs is 1. The number of nitrogens with zero attached hydrogens (tertiary/aromatic N) is 3. The first kappa shape index (κ1) is 20.3. The Labute approximate surface area is 168 Å². The first-order valence-corrected chi connectivity index (χ1v) is 9.63. The zero-order valence-corrected chi connectivity index (χ0v) is 16.7. The van der Waals surface area contributed by atoms with Gasteiger partial charge >= 0.3 is 5.56 Å². The molecule has 0 spiro atoms. The van der Waals surface area contributed by atoms with E-state index in [1.807, 2.05) is 26.0 Å². The van der Waals surface area contributed by atoms with Crippen molar-refractivity contribution in [3.8, 4) is 11.6 Å². The predicted octanol–water partition coefficient (Wildman–Crippen LogP) is 3.18. The summed E-state index contributed by atoms with van der Waals surface area (Å²) >= 11 is 0. The van der Waals surface area contributed by atoms with Crippen molar-refractivity contribution in [1.82, 2.24) is 14.5 Å². The van der Waals surface area contributed by atoms with Crippen molar-refractivity contribution in [3.63, 3.8) is 0 Å². The molecule has 2 heterocycles. The Kier molecular flexibility index (Phi) is 6.43. The Bertz CT molecular complexity index is 1060. The van der Waals surface area contributed by atoms with Gasteiger partial charge in [0, 0.05) is 6.20 Å². The molecule has 0 saturated carbocycles. The van der Waals surface area contributed by atoms with Gasteiger partial charge in [0.05, 0.1) is 18.9 Å². The van der Waals surface area contributed by atoms with Gasteiger partial charge in [0.1, 0.15) is 17.3 Å². The summed E-state index contributed by atoms with van der Waals surface area (Å²) in [5, 5.41) is 2.88. The zero-order chi connectivity index (χ0) is 20.8. The molecule has 1 amide bonds. The Morgan fingerprint density at radius 2 is 1.86 bits per heavy atom. The summed E-state index contributed by atoms with van der Waals surface area (Å²) in [5.74, 6) is 0.176. The third kappa shape index (κ3) is 4.21. The smallest absolute Gasteiger partial charge is 0.315 e. The van der Waals surface area contributed by atoms with Crippen molar-refractivity contribution >= 4 is 22.8 Å². The minimum absolute atomic E-state index is 0.0473. The molecule has 2 aromatic heterocycles. The highest BCUT2D eigenvalue weighted by Crippen LogP contribution is 2.26. The number of ether oxygens (including phenoxy) is 2. The second-order valence-corrected chi connectivity index (χ2v) is 6.21. The normalized spacial score (nSPS) is 11.8. The van der Waals surface area contributed by atoms with Gasteiger partial charge in [-0.2, -0.15) is 0 Å². The molecule has 0 aliphatic rings. The number of nitrogens with one attached hydrogen (secondary N) is 1. The van der Waals surface area contributed by atoms with E-state index in [1.165, 1.54) is 4.57 Å². The van der Waals surface area contributed by atoms with Crippen LogP contribution in [0.25, 0.3) is 11.2 Å². The summed E-state index contributed by atoms with van der Waals surface area (Å²) in [4.78, 5) is 34.7. The van der Waals surface area contributed by atoms with Crippen LogP contribution >= 0.6 is 0 Å². The van der Waals surface area contributed by atoms with Crippen LogP contribution in [0.1, 0.15) is 33.2 Å². The molecule has 0 saturated heterocycles. The summed E-state index contributed by atoms with van der Waals surface area (Å²) in [6.07, 6.45) is 1.94. The average Bonchev–Trinajstić information content (AvgIpc) is 2.73. The Balaban J connectivity index is 2.06. The van der Waals surface area contributed by atoms with Gasteiger partial charge in [-0.05, 0) is 44.5 Å². The number of aromatic nitrogens is 3. The first-order chi connectivity index (χ1) is 14.1. The highest BCUT2D eigenvalue weighted by atomic mass is 16.5. The molecule has 1 unspecified atom stereocenters. The van der Waals surface area contributed by atoms with Gasteiger partial charge in [0.25, 0.3) is 5.88 Å². The largest absolute Gasteiger partial charge is 0.492 e. The van der Waals surface area contributed by atoms with Crippen LogP contribution in [-0.4, -0.2) is 33.7 Å². The number of carbonyl (C=O) groups is 1. The van der Waals surface area contributed by atoms with E-state index < -0.39 is 11.6 Å². The molecule has 0 fully saturated rings. The van der Waals surface area contributed by atoms with Crippen LogP contribution in [0.4, 0.5) is 5.69 Å². The summed E-state index contributed by atoms with van der Waals surface area (Å²) in [6, 6.07) is 9.83. The van der Waals surface area contributed by atoms with Crippen LogP contribution in [0.3, 0.4) is 0 Å². The van der Waals surface area contributed by atoms with E-state index in [0.29, 0.717) is 42.2 Å². The van der Waals surface area contributed by atoms with Crippen LogP contribution in [0.2, 0.25) is 0 Å². The monoisotopic (exact) mass is 396 g/mol. The Morgan fingerprint density at radius 3 is 2.59 bits per heavy atom. The lowest BCUT2D eigenvalue weighted by Crippen LogP contribution is -2.35. The van der Waals surface area contributed by atoms with Gasteiger partial charge in [-0.3, -0.25) is 14.2 Å². The molecule has 8 nitrogen and oxygen atoms in total. The van der Waals surface area contributed by atoms with Gasteiger partial charge in [-0.1, -0.05) is 19.1 Å². The van der Waals surface area contributed by atoms with Gasteiger partial charge in [-0.25, -0.2) is 9.97 Å². The van der Waals surface area contributed by atoms with Crippen molar-refractivity contribution < 1.29 is 14.3 Å². The highest BCUT2D eigenvalue weighted by Gasteiger charge is 2.25. The molecule has 1 atom stereocenters. The van der Waals surface area contributed by atoms with Crippen LogP contribution < -0.4 is 20.3 Å². The van der Waals surface area contributed by atoms with Crippen LogP contribution in [0, 0.1) is 0 Å². The third-order valence-electron chi connectivity index (χ3n) is 4.34. The number of carbonyl (C=O) groups excluding carboxylic acids is 1. The predicted molar refractivity (Wildman–Crippen MR) is 111 cm³/mol. The van der Waals surface area contributed by atoms with Crippen molar-refractivity contribution in [2.75, 3.05) is 18.5 Å². The maximum atomic E-state index is 13.2. The lowest BCUT2D eigenvalue weighted by Gasteiger charge is -2.21. The van der Waals surface area contributed by atoms with Gasteiger partial charge < -0.3 is 14.8 Å². The molecule has 0 aliphatic heterocycles. The topological polar surface area (TPSA) is 95.3 Å². The highest BCUT2D eigenvalue weighted by molar-refractivity contribution is 5.95. The van der Waals surface area contributed by atoms with Crippen molar-refractivity contribution in [3.05, 3.63) is 52.9 Å². The van der Waals surface area contributed by atoms with E-state index in [9.17, 15) is 9.59 Å². The molecule has 29 heavy (non-hydrogen) atoms. The van der Waals surface area contributed by atoms with Crippen LogP contribution in [0.15, 0.2) is 47.4 Å². The Hall–Kier alpha value is -3.42. The number of hydrogen-bond donors (Lipinski definition) is 1. The minimum Gasteiger partial charge on any atom is -0.492 e. The number of benzene rings is 1. The molecule has 8 heteroatoms. The maximum Gasteiger partial charge on any atom is 0.315 e. The molecule has 1 N–H and O–H groups in total. The first-order valence-electron chi connectivity index (χ1n) is 9.63. The summed E-state index contributed by atoms with van der Waals surface area (Å²) in [6.45, 7) is 6.24. The van der Waals surface area contributed by atoms with E-state index in [0.717, 1.165) is 0 Å². The van der Waals surface area contributed by atoms with E-state index in [1.54, 1.807) is 37.4 Å². The average molecular weight is 396 g/mol. The summed E-state index contributed by atoms with van der Waals surface area (Å²) in [5.41, 5.74) is 0.873. The van der Waals surface area contributed by atoms with Gasteiger partial charge in [-0.15, -0.1) is 0 Å². The molecule has 1 aromatic carbocycles. The van der Waals surface area contributed by atoms with Crippen molar-refractivity contribution in [2.24, 2.45) is 0 Å². The SMILES string of the molecule is CCOc1ccccc1NC(=O)C(CC)n1c(=O)c(OCC)nc2cccnc21. The fraction of sp³-hybridized carbons (Fsp3) is 0.333. The number of rotatable bonds is 8. The van der Waals surface area contributed by atoms with Crippen LogP contribution in [-0.2, 0) is 4.79 Å². The maximum absolute atomic E-state index is 13.2. The second kappa shape index (κ2) is 9.18. The number of para-hydroxylation sites is 2. The quantitative estimate of drug-likeness (QED) is 0.628. The minimum atomic E-state index is -0.795. The van der Waals surface area contributed by atoms with E-state index in [-0.39, 0.29) is 11.8 Å². The van der Waals surface area contributed by atoms with Crippen molar-refractivity contribution in [1.29, 1.82) is 0 Å². The van der Waals surface area contributed by atoms with E-state index in [4.69, 9.17) is 9.47 Å². The van der Waals surface area contributed by atoms with Gasteiger partial charge in [0.15, 0.2) is 5.65 Å². The molecular weight excluding hydrogens is 372 g/mol. The van der Waals surface area contributed by atoms with Crippen LogP contribution in [0.5, 0.6) is 11.6 Å². The molecule has 0 aliphatic carbocycles. The van der Waals surface area contributed by atoms with Gasteiger partial charge in [0.2, 0.25) is 5.91 Å². The number of pyridine rings is 1. The molecule has 3 rings (SSSR count). The van der Waals surface area contributed by atoms with E-state index in [2.05, 4.69) is 15.3 Å². The summed E-state index contributed by atoms with van der Waals surface area (Å²) < 4.78 is 12.3. The number of anilines is 1. The van der Waals surface area contributed by atoms with Crippen molar-refractivity contribution in [2.45, 2.75) is 33.2 Å². The molecular formula is C21H24N4O4. The number of hydrogen-bond acceptors (Lipinski definition) is 6. The summed E-state index contributed by atoms with van der Waals surface area (Å²) in [7, 11) is 0. The molecule has 3 aromatic rings. The fourth-order valence-electron chi connectivity index (χ4n) is 3.09. The fourth-order valence-corrected chi connectivity index (χ4v) is 3.09. The lowest BCUT2D eigenvalue weighted by atomic mass is 10.2. The zero-order valence-electron chi connectivity index (χ0n) is 16.7. The number of amides is 1. The molecule has 0 bridgehead atoms. The standard InChI is InChI=1S/C21H24N4O4/c1-4-16(19(26)23-14-10-7-8-12-17(14)28-5-2)25-18-15(11-9-13-22-18)24-20(21(25)27)29-6-3/h7-13,16H,4-6H2,1-3H3,(H,23,26). The Morgan fingerprint density at radius 1 is 1.10 bits per heavy atom. The second-order valence-electron chi connectivity index (χ2n) is 6.21. The molecule has 152 valence electrons. The van der Waals surface area contributed by atoms with E-state index >= 15 is 0 Å². The molecule has 0 radical (unpaired) electrons. The third-order valence-corrected chi connectivity index (χ3v) is 4.34.